The van der Waals surface area contributed by atoms with Crippen molar-refractivity contribution in [2.24, 2.45) is 11.8 Å². The number of carbonyl (C=O) groups excluding carboxylic acids is 2. The Bertz CT molecular complexity index is 290. The maximum absolute atomic E-state index is 11.9. The maximum atomic E-state index is 11.9. The molecule has 5 nitrogen and oxygen atoms in total. The molecule has 0 aromatic rings. The van der Waals surface area contributed by atoms with E-state index in [1.165, 1.54) is 7.11 Å². The minimum absolute atomic E-state index is 0.0913. The zero-order chi connectivity index (χ0) is 15.0. The van der Waals surface area contributed by atoms with Crippen molar-refractivity contribution in [2.75, 3.05) is 13.7 Å². The van der Waals surface area contributed by atoms with Crippen molar-refractivity contribution in [2.45, 2.75) is 53.1 Å². The molecule has 0 aliphatic carbocycles. The summed E-state index contributed by atoms with van der Waals surface area (Å²) in [6.45, 7) is 10.5. The van der Waals surface area contributed by atoms with Crippen molar-refractivity contribution >= 4 is 11.9 Å². The summed E-state index contributed by atoms with van der Waals surface area (Å²) in [5.41, 5.74) is 0. The average molecular weight is 272 g/mol. The third kappa shape index (κ3) is 7.82. The number of esters is 1. The molecule has 0 aromatic carbocycles. The number of carbonyl (C=O) groups is 2. The van der Waals surface area contributed by atoms with Crippen LogP contribution in [0.3, 0.4) is 0 Å². The zero-order valence-corrected chi connectivity index (χ0v) is 12.9. The topological polar surface area (TPSA) is 67.4 Å². The highest BCUT2D eigenvalue weighted by Crippen LogP contribution is 2.07. The number of hydrogen-bond acceptors (Lipinski definition) is 4. The van der Waals surface area contributed by atoms with Crippen molar-refractivity contribution < 1.29 is 14.3 Å². The number of rotatable bonds is 8. The van der Waals surface area contributed by atoms with Gasteiger partial charge in [-0.3, -0.25) is 14.9 Å². The quantitative estimate of drug-likeness (QED) is 0.654. The molecule has 2 unspecified atom stereocenters. The van der Waals surface area contributed by atoms with E-state index in [9.17, 15) is 9.59 Å². The molecule has 0 aliphatic heterocycles. The van der Waals surface area contributed by atoms with E-state index in [0.717, 1.165) is 0 Å². The van der Waals surface area contributed by atoms with Crippen LogP contribution in [-0.4, -0.2) is 37.6 Å². The highest BCUT2D eigenvalue weighted by atomic mass is 16.5. The lowest BCUT2D eigenvalue weighted by Crippen LogP contribution is -2.50. The van der Waals surface area contributed by atoms with Gasteiger partial charge in [0, 0.05) is 6.54 Å². The predicted molar refractivity (Wildman–Crippen MR) is 75.7 cm³/mol. The second-order valence-corrected chi connectivity index (χ2v) is 5.73. The molecule has 19 heavy (non-hydrogen) atoms. The minimum atomic E-state index is -0.440. The van der Waals surface area contributed by atoms with E-state index in [2.05, 4.69) is 10.6 Å². The van der Waals surface area contributed by atoms with Crippen LogP contribution in [0, 0.1) is 11.8 Å². The van der Waals surface area contributed by atoms with E-state index in [4.69, 9.17) is 4.74 Å². The van der Waals surface area contributed by atoms with Crippen molar-refractivity contribution in [3.8, 4) is 0 Å². The summed E-state index contributed by atoms with van der Waals surface area (Å²) in [5, 5.41) is 5.88. The van der Waals surface area contributed by atoms with Crippen molar-refractivity contribution in [1.29, 1.82) is 0 Å². The van der Waals surface area contributed by atoms with Gasteiger partial charge in [-0.25, -0.2) is 0 Å². The summed E-state index contributed by atoms with van der Waals surface area (Å²) in [4.78, 5) is 23.5. The Morgan fingerprint density at radius 1 is 1.05 bits per heavy atom. The molecule has 1 amide bonds. The molecule has 2 atom stereocenters. The Kier molecular flexibility index (Phi) is 8.39. The van der Waals surface area contributed by atoms with Gasteiger partial charge in [-0.15, -0.1) is 0 Å². The Balaban J connectivity index is 4.40. The lowest BCUT2D eigenvalue weighted by atomic mass is 10.0. The molecule has 5 heteroatoms. The molecule has 0 saturated heterocycles. The Morgan fingerprint density at radius 2 is 1.63 bits per heavy atom. The van der Waals surface area contributed by atoms with Gasteiger partial charge in [0.1, 0.15) is 6.04 Å². The fraction of sp³-hybridized carbons (Fsp3) is 0.857. The Hall–Kier alpha value is -1.10. The van der Waals surface area contributed by atoms with Gasteiger partial charge in [-0.2, -0.15) is 0 Å². The molecular formula is C14H28N2O3. The first kappa shape index (κ1) is 17.9. The molecular weight excluding hydrogens is 244 g/mol. The molecule has 0 bridgehead atoms. The fourth-order valence-corrected chi connectivity index (χ4v) is 1.68. The largest absolute Gasteiger partial charge is 0.468 e. The molecule has 0 heterocycles. The molecule has 0 aliphatic rings. The van der Waals surface area contributed by atoms with Crippen LogP contribution < -0.4 is 10.6 Å². The smallest absolute Gasteiger partial charge is 0.322 e. The first-order chi connectivity index (χ1) is 8.77. The Morgan fingerprint density at radius 3 is 2.05 bits per heavy atom. The summed E-state index contributed by atoms with van der Waals surface area (Å²) in [6.07, 6.45) is 0.647. The summed E-state index contributed by atoms with van der Waals surface area (Å²) in [5.74, 6) is 0.342. The van der Waals surface area contributed by atoms with Gasteiger partial charge in [0.15, 0.2) is 0 Å². The molecule has 2 N–H and O–H groups in total. The van der Waals surface area contributed by atoms with Gasteiger partial charge in [0.05, 0.1) is 13.2 Å². The predicted octanol–water partition coefficient (Wildman–Crippen LogP) is 1.32. The summed E-state index contributed by atoms with van der Waals surface area (Å²) in [6, 6.07) is -0.855. The highest BCUT2D eigenvalue weighted by molar-refractivity contribution is 5.83. The molecule has 0 spiro atoms. The van der Waals surface area contributed by atoms with Crippen LogP contribution in [0.2, 0.25) is 0 Å². The van der Waals surface area contributed by atoms with Crippen LogP contribution >= 0.6 is 0 Å². The van der Waals surface area contributed by atoms with Gasteiger partial charge < -0.3 is 10.1 Å². The highest BCUT2D eigenvalue weighted by Gasteiger charge is 2.24. The van der Waals surface area contributed by atoms with Gasteiger partial charge >= 0.3 is 5.97 Å². The lowest BCUT2D eigenvalue weighted by molar-refractivity contribution is -0.144. The number of ether oxygens (including phenoxy) is 1. The lowest BCUT2D eigenvalue weighted by Gasteiger charge is -2.22. The van der Waals surface area contributed by atoms with Gasteiger partial charge in [-0.05, 0) is 25.2 Å². The van der Waals surface area contributed by atoms with Crippen LogP contribution in [0.25, 0.3) is 0 Å². The van der Waals surface area contributed by atoms with E-state index in [1.54, 1.807) is 6.92 Å². The van der Waals surface area contributed by atoms with Crippen LogP contribution in [-0.2, 0) is 14.3 Å². The first-order valence-electron chi connectivity index (χ1n) is 6.89. The number of nitrogens with one attached hydrogen (secondary N) is 2. The van der Waals surface area contributed by atoms with Crippen LogP contribution in [0.1, 0.15) is 41.0 Å². The van der Waals surface area contributed by atoms with Gasteiger partial charge in [0.2, 0.25) is 5.91 Å². The van der Waals surface area contributed by atoms with Crippen molar-refractivity contribution in [3.05, 3.63) is 0 Å². The summed E-state index contributed by atoms with van der Waals surface area (Å²) in [7, 11) is 1.36. The molecule has 0 radical (unpaired) electrons. The molecule has 112 valence electrons. The van der Waals surface area contributed by atoms with Crippen LogP contribution in [0.4, 0.5) is 0 Å². The van der Waals surface area contributed by atoms with E-state index < -0.39 is 12.1 Å². The molecule has 0 fully saturated rings. The number of methoxy groups -OCH3 is 1. The van der Waals surface area contributed by atoms with Crippen molar-refractivity contribution in [1.82, 2.24) is 10.6 Å². The third-order valence-electron chi connectivity index (χ3n) is 2.72. The van der Waals surface area contributed by atoms with E-state index in [0.29, 0.717) is 24.8 Å². The van der Waals surface area contributed by atoms with Crippen molar-refractivity contribution in [3.63, 3.8) is 0 Å². The standard InChI is InChI=1S/C14H28N2O3/c1-9(2)7-12(14(18)19-6)16-11(5)13(17)15-8-10(3)4/h9-12,16H,7-8H2,1-6H3,(H,15,17). The number of hydrogen-bond donors (Lipinski definition) is 2. The van der Waals surface area contributed by atoms with Gasteiger partial charge in [0.25, 0.3) is 0 Å². The summed E-state index contributed by atoms with van der Waals surface area (Å²) >= 11 is 0. The monoisotopic (exact) mass is 272 g/mol. The average Bonchev–Trinajstić information content (AvgIpc) is 2.33. The molecule has 0 rings (SSSR count). The second kappa shape index (κ2) is 8.91. The Labute approximate surface area is 116 Å². The van der Waals surface area contributed by atoms with Gasteiger partial charge in [-0.1, -0.05) is 27.7 Å². The number of amides is 1. The fourth-order valence-electron chi connectivity index (χ4n) is 1.68. The van der Waals surface area contributed by atoms with E-state index in [1.807, 2.05) is 27.7 Å². The van der Waals surface area contributed by atoms with Crippen LogP contribution in [0.5, 0.6) is 0 Å². The molecule has 0 aromatic heterocycles. The first-order valence-corrected chi connectivity index (χ1v) is 6.89. The zero-order valence-electron chi connectivity index (χ0n) is 12.9. The summed E-state index contributed by atoms with van der Waals surface area (Å²) < 4.78 is 4.76. The molecule has 0 saturated carbocycles. The third-order valence-corrected chi connectivity index (χ3v) is 2.72. The van der Waals surface area contributed by atoms with E-state index >= 15 is 0 Å². The second-order valence-electron chi connectivity index (χ2n) is 5.73. The SMILES string of the molecule is COC(=O)C(CC(C)C)NC(C)C(=O)NCC(C)C. The van der Waals surface area contributed by atoms with Crippen LogP contribution in [0.15, 0.2) is 0 Å². The van der Waals surface area contributed by atoms with E-state index in [-0.39, 0.29) is 11.9 Å². The minimum Gasteiger partial charge on any atom is -0.468 e. The normalized spacial score (nSPS) is 14.3. The maximum Gasteiger partial charge on any atom is 0.322 e.